The number of amides is 1. The predicted molar refractivity (Wildman–Crippen MR) is 124 cm³/mol. The molecule has 0 aliphatic heterocycles. The van der Waals surface area contributed by atoms with Gasteiger partial charge in [0.2, 0.25) is 0 Å². The molecule has 0 heterocycles. The number of nitro benzene ring substituents is 1. The molecule has 3 aromatic carbocycles. The lowest BCUT2D eigenvalue weighted by Gasteiger charge is -2.20. The minimum atomic E-state index is -0.939. The number of nitro groups is 1. The molecule has 0 spiro atoms. The average molecular weight is 464 g/mol. The van der Waals surface area contributed by atoms with Crippen LogP contribution in [-0.4, -0.2) is 37.6 Å². The first-order chi connectivity index (χ1) is 16.3. The number of aryl methyl sites for hydroxylation is 1. The number of carbonyl (C=O) groups excluding carboxylic acids is 2. The molecule has 0 saturated carbocycles. The van der Waals surface area contributed by atoms with Gasteiger partial charge in [0.25, 0.3) is 11.6 Å². The molecule has 176 valence electrons. The van der Waals surface area contributed by atoms with Crippen LogP contribution in [0.25, 0.3) is 0 Å². The minimum absolute atomic E-state index is 0.179. The molecule has 0 aromatic heterocycles. The van der Waals surface area contributed by atoms with Gasteiger partial charge in [0.1, 0.15) is 17.1 Å². The zero-order valence-corrected chi connectivity index (χ0v) is 18.9. The van der Waals surface area contributed by atoms with Gasteiger partial charge in [0, 0.05) is 6.07 Å². The van der Waals surface area contributed by atoms with E-state index in [-0.39, 0.29) is 11.3 Å². The SMILES string of the molecule is COc1ccc(C(NC(=O)COC(=O)c2c(C)cccc2[N+](=O)[O-])c2ccc(OC)cc2)cc1. The third kappa shape index (κ3) is 5.69. The molecule has 9 heteroatoms. The number of carbonyl (C=O) groups is 2. The molecule has 3 rings (SSSR count). The lowest BCUT2D eigenvalue weighted by atomic mass is 9.98. The minimum Gasteiger partial charge on any atom is -0.497 e. The zero-order chi connectivity index (χ0) is 24.7. The molecule has 0 unspecified atom stereocenters. The van der Waals surface area contributed by atoms with Crippen LogP contribution < -0.4 is 14.8 Å². The quantitative estimate of drug-likeness (QED) is 0.289. The number of rotatable bonds is 9. The highest BCUT2D eigenvalue weighted by atomic mass is 16.6. The largest absolute Gasteiger partial charge is 0.497 e. The van der Waals surface area contributed by atoms with Crippen LogP contribution in [0.4, 0.5) is 5.69 Å². The Morgan fingerprint density at radius 3 is 1.91 bits per heavy atom. The molecule has 0 aliphatic rings. The Labute approximate surface area is 196 Å². The molecular weight excluding hydrogens is 440 g/mol. The Morgan fingerprint density at radius 1 is 0.912 bits per heavy atom. The molecule has 34 heavy (non-hydrogen) atoms. The van der Waals surface area contributed by atoms with Crippen LogP contribution in [0.5, 0.6) is 11.5 Å². The third-order valence-corrected chi connectivity index (χ3v) is 5.19. The van der Waals surface area contributed by atoms with Crippen LogP contribution in [0.1, 0.15) is 33.1 Å². The lowest BCUT2D eigenvalue weighted by Crippen LogP contribution is -2.33. The number of nitrogens with one attached hydrogen (secondary N) is 1. The highest BCUT2D eigenvalue weighted by Crippen LogP contribution is 2.26. The van der Waals surface area contributed by atoms with Crippen LogP contribution in [0.15, 0.2) is 66.7 Å². The van der Waals surface area contributed by atoms with Crippen LogP contribution in [0.3, 0.4) is 0 Å². The van der Waals surface area contributed by atoms with E-state index in [9.17, 15) is 19.7 Å². The highest BCUT2D eigenvalue weighted by molar-refractivity contribution is 5.96. The van der Waals surface area contributed by atoms with Gasteiger partial charge in [-0.1, -0.05) is 36.4 Å². The number of ether oxygens (including phenoxy) is 3. The molecule has 1 N–H and O–H groups in total. The summed E-state index contributed by atoms with van der Waals surface area (Å²) in [7, 11) is 3.12. The second-order valence-electron chi connectivity index (χ2n) is 7.35. The number of hydrogen-bond donors (Lipinski definition) is 1. The molecule has 0 radical (unpaired) electrons. The summed E-state index contributed by atoms with van der Waals surface area (Å²) < 4.78 is 15.5. The summed E-state index contributed by atoms with van der Waals surface area (Å²) in [5.41, 5.74) is 1.39. The Balaban J connectivity index is 1.78. The smallest absolute Gasteiger partial charge is 0.345 e. The van der Waals surface area contributed by atoms with E-state index in [0.717, 1.165) is 11.1 Å². The van der Waals surface area contributed by atoms with Crippen molar-refractivity contribution < 1.29 is 28.7 Å². The van der Waals surface area contributed by atoms with E-state index < -0.39 is 29.4 Å². The van der Waals surface area contributed by atoms with Gasteiger partial charge in [0.05, 0.1) is 25.2 Å². The van der Waals surface area contributed by atoms with Crippen molar-refractivity contribution in [2.24, 2.45) is 0 Å². The summed E-state index contributed by atoms with van der Waals surface area (Å²) in [4.78, 5) is 35.9. The van der Waals surface area contributed by atoms with Crippen molar-refractivity contribution in [3.8, 4) is 11.5 Å². The Hall–Kier alpha value is -4.40. The molecule has 0 bridgehead atoms. The fourth-order valence-corrected chi connectivity index (χ4v) is 3.43. The lowest BCUT2D eigenvalue weighted by molar-refractivity contribution is -0.385. The summed E-state index contributed by atoms with van der Waals surface area (Å²) in [5.74, 6) is -0.179. The number of methoxy groups -OCH3 is 2. The molecule has 3 aromatic rings. The second-order valence-corrected chi connectivity index (χ2v) is 7.35. The zero-order valence-electron chi connectivity index (χ0n) is 18.9. The maximum Gasteiger partial charge on any atom is 0.345 e. The van der Waals surface area contributed by atoms with Crippen molar-refractivity contribution in [3.05, 3.63) is 99.1 Å². The summed E-state index contributed by atoms with van der Waals surface area (Å²) in [6, 6.07) is 18.1. The third-order valence-electron chi connectivity index (χ3n) is 5.19. The van der Waals surface area contributed by atoms with Gasteiger partial charge in [-0.2, -0.15) is 0 Å². The molecule has 0 fully saturated rings. The van der Waals surface area contributed by atoms with Crippen LogP contribution >= 0.6 is 0 Å². The van der Waals surface area contributed by atoms with Crippen molar-refractivity contribution in [2.45, 2.75) is 13.0 Å². The highest BCUT2D eigenvalue weighted by Gasteiger charge is 2.25. The van der Waals surface area contributed by atoms with Gasteiger partial charge in [0.15, 0.2) is 6.61 Å². The fraction of sp³-hybridized carbons (Fsp3) is 0.200. The Morgan fingerprint density at radius 2 is 1.44 bits per heavy atom. The number of hydrogen-bond acceptors (Lipinski definition) is 7. The van der Waals surface area contributed by atoms with Crippen molar-refractivity contribution in [1.29, 1.82) is 0 Å². The van der Waals surface area contributed by atoms with Crippen molar-refractivity contribution in [3.63, 3.8) is 0 Å². The Bertz CT molecular complexity index is 1130. The number of benzene rings is 3. The number of esters is 1. The van der Waals surface area contributed by atoms with E-state index in [1.807, 2.05) is 24.3 Å². The van der Waals surface area contributed by atoms with E-state index in [1.165, 1.54) is 12.1 Å². The first-order valence-corrected chi connectivity index (χ1v) is 10.3. The van der Waals surface area contributed by atoms with Gasteiger partial charge < -0.3 is 19.5 Å². The van der Waals surface area contributed by atoms with E-state index in [0.29, 0.717) is 17.1 Å². The van der Waals surface area contributed by atoms with Crippen molar-refractivity contribution in [2.75, 3.05) is 20.8 Å². The van der Waals surface area contributed by atoms with E-state index in [4.69, 9.17) is 14.2 Å². The molecular formula is C25H24N2O7. The van der Waals surface area contributed by atoms with Gasteiger partial charge >= 0.3 is 5.97 Å². The maximum atomic E-state index is 12.7. The van der Waals surface area contributed by atoms with E-state index in [1.54, 1.807) is 51.5 Å². The first-order valence-electron chi connectivity index (χ1n) is 10.3. The first kappa shape index (κ1) is 24.2. The Kier molecular flexibility index (Phi) is 7.81. The normalized spacial score (nSPS) is 10.5. The monoisotopic (exact) mass is 464 g/mol. The summed E-state index contributed by atoms with van der Waals surface area (Å²) in [6.07, 6.45) is 0. The summed E-state index contributed by atoms with van der Waals surface area (Å²) in [6.45, 7) is 0.959. The summed E-state index contributed by atoms with van der Waals surface area (Å²) >= 11 is 0. The molecule has 1 amide bonds. The van der Waals surface area contributed by atoms with Crippen LogP contribution in [0.2, 0.25) is 0 Å². The molecule has 9 nitrogen and oxygen atoms in total. The van der Waals surface area contributed by atoms with Gasteiger partial charge in [-0.3, -0.25) is 14.9 Å². The fourth-order valence-electron chi connectivity index (χ4n) is 3.43. The molecule has 0 aliphatic carbocycles. The summed E-state index contributed by atoms with van der Waals surface area (Å²) in [5, 5.41) is 14.1. The van der Waals surface area contributed by atoms with Gasteiger partial charge in [-0.05, 0) is 47.9 Å². The van der Waals surface area contributed by atoms with Crippen LogP contribution in [0, 0.1) is 17.0 Å². The predicted octanol–water partition coefficient (Wildman–Crippen LogP) is 3.98. The average Bonchev–Trinajstić information content (AvgIpc) is 2.85. The standard InChI is InChI=1S/C25H24N2O7/c1-16-5-4-6-21(27(30)31)23(16)25(29)34-15-22(28)26-24(17-7-11-19(32-2)12-8-17)18-9-13-20(33-3)14-10-18/h4-14,24H,15H2,1-3H3,(H,26,28). The van der Waals surface area contributed by atoms with Crippen LogP contribution in [-0.2, 0) is 9.53 Å². The van der Waals surface area contributed by atoms with E-state index in [2.05, 4.69) is 5.32 Å². The van der Waals surface area contributed by atoms with Gasteiger partial charge in [-0.15, -0.1) is 0 Å². The van der Waals surface area contributed by atoms with E-state index >= 15 is 0 Å². The number of nitrogens with zero attached hydrogens (tertiary/aromatic N) is 1. The molecule has 0 saturated heterocycles. The topological polar surface area (TPSA) is 117 Å². The molecule has 0 atom stereocenters. The van der Waals surface area contributed by atoms with Gasteiger partial charge in [-0.25, -0.2) is 4.79 Å². The maximum absolute atomic E-state index is 12.7. The van der Waals surface area contributed by atoms with Crippen molar-refractivity contribution >= 4 is 17.6 Å². The van der Waals surface area contributed by atoms with Crippen molar-refractivity contribution in [1.82, 2.24) is 5.32 Å². The second kappa shape index (κ2) is 11.0.